The van der Waals surface area contributed by atoms with Gasteiger partial charge in [-0.1, -0.05) is 15.9 Å². The first kappa shape index (κ1) is 13.8. The molecule has 0 aromatic rings. The van der Waals surface area contributed by atoms with E-state index >= 15 is 0 Å². The molecule has 1 saturated carbocycles. The van der Waals surface area contributed by atoms with Crippen molar-refractivity contribution in [2.45, 2.75) is 44.9 Å². The Balaban J connectivity index is 1.80. The Kier molecular flexibility index (Phi) is 5.27. The third-order valence-electron chi connectivity index (χ3n) is 3.77. The third-order valence-corrected chi connectivity index (χ3v) is 4.13. The van der Waals surface area contributed by atoms with E-state index in [-0.39, 0.29) is 0 Å². The van der Waals surface area contributed by atoms with E-state index in [0.717, 1.165) is 44.2 Å². The molecule has 1 unspecified atom stereocenters. The van der Waals surface area contributed by atoms with E-state index in [4.69, 9.17) is 4.74 Å². The van der Waals surface area contributed by atoms with E-state index in [1.165, 1.54) is 12.8 Å². The molecule has 1 aliphatic carbocycles. The van der Waals surface area contributed by atoms with Crippen molar-refractivity contribution in [2.75, 3.05) is 38.1 Å². The highest BCUT2D eigenvalue weighted by Crippen LogP contribution is 2.27. The Morgan fingerprint density at radius 1 is 1.41 bits per heavy atom. The van der Waals surface area contributed by atoms with Crippen molar-refractivity contribution in [3.63, 3.8) is 0 Å². The van der Waals surface area contributed by atoms with Crippen LogP contribution in [-0.4, -0.2) is 66.1 Å². The minimum Gasteiger partial charge on any atom is -0.374 e. The number of hydrogen-bond acceptors (Lipinski definition) is 3. The molecule has 0 N–H and O–H groups in total. The topological polar surface area (TPSA) is 15.7 Å². The number of halogens is 1. The lowest BCUT2D eigenvalue weighted by atomic mass is 10.2. The molecular formula is C13H25BrN2O. The van der Waals surface area contributed by atoms with Gasteiger partial charge in [-0.3, -0.25) is 9.80 Å². The molecule has 0 bridgehead atoms. The molecule has 0 aromatic heterocycles. The average Bonchev–Trinajstić information content (AvgIpc) is 3.13. The molecule has 0 radical (unpaired) electrons. The normalized spacial score (nSPS) is 27.0. The molecule has 0 aromatic carbocycles. The van der Waals surface area contributed by atoms with Crippen molar-refractivity contribution in [3.8, 4) is 0 Å². The van der Waals surface area contributed by atoms with Gasteiger partial charge in [0.25, 0.3) is 0 Å². The SMILES string of the molecule is CC(C)N1CCOC(CN(CCBr)C2CC2)C1. The molecule has 2 rings (SSSR count). The molecule has 2 fully saturated rings. The molecule has 100 valence electrons. The van der Waals surface area contributed by atoms with E-state index in [0.29, 0.717) is 12.1 Å². The van der Waals surface area contributed by atoms with Crippen molar-refractivity contribution in [3.05, 3.63) is 0 Å². The van der Waals surface area contributed by atoms with Gasteiger partial charge < -0.3 is 4.74 Å². The predicted molar refractivity (Wildman–Crippen MR) is 74.8 cm³/mol. The summed E-state index contributed by atoms with van der Waals surface area (Å²) in [5.74, 6) is 0. The Bertz CT molecular complexity index is 233. The molecule has 0 amide bonds. The van der Waals surface area contributed by atoms with E-state index in [1.54, 1.807) is 0 Å². The summed E-state index contributed by atoms with van der Waals surface area (Å²) >= 11 is 3.55. The van der Waals surface area contributed by atoms with Crippen molar-refractivity contribution >= 4 is 15.9 Å². The van der Waals surface area contributed by atoms with E-state index < -0.39 is 0 Å². The fourth-order valence-electron chi connectivity index (χ4n) is 2.55. The van der Waals surface area contributed by atoms with Crippen LogP contribution in [0.3, 0.4) is 0 Å². The molecule has 17 heavy (non-hydrogen) atoms. The molecule has 4 heteroatoms. The van der Waals surface area contributed by atoms with Gasteiger partial charge in [-0.2, -0.15) is 0 Å². The first-order valence-corrected chi connectivity index (χ1v) is 7.98. The Morgan fingerprint density at radius 3 is 2.76 bits per heavy atom. The zero-order valence-electron chi connectivity index (χ0n) is 11.1. The smallest absolute Gasteiger partial charge is 0.0829 e. The van der Waals surface area contributed by atoms with Gasteiger partial charge in [0.2, 0.25) is 0 Å². The largest absolute Gasteiger partial charge is 0.374 e. The van der Waals surface area contributed by atoms with Crippen LogP contribution in [0.2, 0.25) is 0 Å². The standard InChI is InChI=1S/C13H25BrN2O/c1-11(2)15-7-8-17-13(9-15)10-16(6-5-14)12-3-4-12/h11-13H,3-10H2,1-2H3. The van der Waals surface area contributed by atoms with Crippen molar-refractivity contribution in [2.24, 2.45) is 0 Å². The minimum atomic E-state index is 0.408. The highest BCUT2D eigenvalue weighted by Gasteiger charge is 2.32. The maximum Gasteiger partial charge on any atom is 0.0829 e. The van der Waals surface area contributed by atoms with Crippen LogP contribution in [0.5, 0.6) is 0 Å². The molecule has 3 nitrogen and oxygen atoms in total. The summed E-state index contributed by atoms with van der Waals surface area (Å²) in [6, 6.07) is 1.48. The molecule has 1 atom stereocenters. The molecular weight excluding hydrogens is 280 g/mol. The molecule has 1 aliphatic heterocycles. The Labute approximate surface area is 114 Å². The molecule has 0 spiro atoms. The number of rotatable bonds is 6. The number of alkyl halides is 1. The van der Waals surface area contributed by atoms with E-state index in [2.05, 4.69) is 39.6 Å². The van der Waals surface area contributed by atoms with Gasteiger partial charge >= 0.3 is 0 Å². The quantitative estimate of drug-likeness (QED) is 0.698. The predicted octanol–water partition coefficient (Wildman–Crippen LogP) is 1.95. The fraction of sp³-hybridized carbons (Fsp3) is 1.00. The summed E-state index contributed by atoms with van der Waals surface area (Å²) in [5.41, 5.74) is 0. The maximum absolute atomic E-state index is 5.91. The fourth-order valence-corrected chi connectivity index (χ4v) is 3.01. The lowest BCUT2D eigenvalue weighted by Gasteiger charge is -2.37. The zero-order chi connectivity index (χ0) is 12.3. The number of ether oxygens (including phenoxy) is 1. The average molecular weight is 305 g/mol. The highest BCUT2D eigenvalue weighted by molar-refractivity contribution is 9.09. The second-order valence-electron chi connectivity index (χ2n) is 5.50. The van der Waals surface area contributed by atoms with E-state index in [1.807, 2.05) is 0 Å². The van der Waals surface area contributed by atoms with Crippen LogP contribution in [-0.2, 0) is 4.74 Å². The summed E-state index contributed by atoms with van der Waals surface area (Å²) in [7, 11) is 0. The van der Waals surface area contributed by atoms with Gasteiger partial charge in [0.05, 0.1) is 12.7 Å². The first-order valence-electron chi connectivity index (χ1n) is 6.86. The van der Waals surface area contributed by atoms with Crippen LogP contribution in [0.4, 0.5) is 0 Å². The first-order chi connectivity index (χ1) is 8.20. The van der Waals surface area contributed by atoms with Gasteiger partial charge in [-0.05, 0) is 26.7 Å². The summed E-state index contributed by atoms with van der Waals surface area (Å²) in [4.78, 5) is 5.14. The zero-order valence-corrected chi connectivity index (χ0v) is 12.7. The highest BCUT2D eigenvalue weighted by atomic mass is 79.9. The van der Waals surface area contributed by atoms with Gasteiger partial charge in [-0.25, -0.2) is 0 Å². The Morgan fingerprint density at radius 2 is 2.18 bits per heavy atom. The summed E-state index contributed by atoms with van der Waals surface area (Å²) < 4.78 is 5.91. The number of hydrogen-bond donors (Lipinski definition) is 0. The van der Waals surface area contributed by atoms with Crippen LogP contribution in [0, 0.1) is 0 Å². The van der Waals surface area contributed by atoms with Crippen LogP contribution >= 0.6 is 15.9 Å². The van der Waals surface area contributed by atoms with Gasteiger partial charge in [0, 0.05) is 43.6 Å². The van der Waals surface area contributed by atoms with Crippen LogP contribution < -0.4 is 0 Å². The van der Waals surface area contributed by atoms with Crippen LogP contribution in [0.25, 0.3) is 0 Å². The third kappa shape index (κ3) is 4.19. The number of nitrogens with zero attached hydrogens (tertiary/aromatic N) is 2. The lowest BCUT2D eigenvalue weighted by Crippen LogP contribution is -2.50. The second kappa shape index (κ2) is 6.50. The minimum absolute atomic E-state index is 0.408. The van der Waals surface area contributed by atoms with Gasteiger partial charge in [0.15, 0.2) is 0 Å². The lowest BCUT2D eigenvalue weighted by molar-refractivity contribution is -0.0524. The summed E-state index contributed by atoms with van der Waals surface area (Å²) in [6.45, 7) is 9.92. The van der Waals surface area contributed by atoms with Crippen molar-refractivity contribution in [1.29, 1.82) is 0 Å². The molecule has 1 heterocycles. The Hall–Kier alpha value is 0.360. The summed E-state index contributed by atoms with van der Waals surface area (Å²) in [6.07, 6.45) is 3.17. The maximum atomic E-state index is 5.91. The van der Waals surface area contributed by atoms with Crippen molar-refractivity contribution in [1.82, 2.24) is 9.80 Å². The van der Waals surface area contributed by atoms with Crippen LogP contribution in [0.1, 0.15) is 26.7 Å². The monoisotopic (exact) mass is 304 g/mol. The number of morpholine rings is 1. The molecule has 2 aliphatic rings. The van der Waals surface area contributed by atoms with Gasteiger partial charge in [-0.15, -0.1) is 0 Å². The van der Waals surface area contributed by atoms with E-state index in [9.17, 15) is 0 Å². The summed E-state index contributed by atoms with van der Waals surface area (Å²) in [5, 5.41) is 1.07. The van der Waals surface area contributed by atoms with Crippen molar-refractivity contribution < 1.29 is 4.74 Å². The van der Waals surface area contributed by atoms with Gasteiger partial charge in [0.1, 0.15) is 0 Å². The molecule has 1 saturated heterocycles. The second-order valence-corrected chi connectivity index (χ2v) is 6.29. The van der Waals surface area contributed by atoms with Crippen LogP contribution in [0.15, 0.2) is 0 Å².